The number of carboxylic acid groups (broad SMARTS) is 3. The first-order valence-electron chi connectivity index (χ1n) is 31.4. The maximum atomic E-state index is 14.4. The summed E-state index contributed by atoms with van der Waals surface area (Å²) < 4.78 is 0. The molecule has 1 aliphatic rings. The van der Waals surface area contributed by atoms with Gasteiger partial charge in [-0.25, -0.2) is 4.79 Å². The van der Waals surface area contributed by atoms with Crippen LogP contribution in [-0.2, 0) is 80.0 Å². The van der Waals surface area contributed by atoms with Gasteiger partial charge in [-0.15, -0.1) is 0 Å². The summed E-state index contributed by atoms with van der Waals surface area (Å²) in [5.74, 6) is -17.5. The van der Waals surface area contributed by atoms with E-state index in [-0.39, 0.29) is 56.6 Å². The summed E-state index contributed by atoms with van der Waals surface area (Å²) in [6, 6.07) is -6.83. The van der Waals surface area contributed by atoms with E-state index in [0.29, 0.717) is 22.0 Å². The number of nitrogens with two attached hydrogens (primary N) is 1. The number of carbonyl (C=O) groups excluding carboxylic acids is 11. The molecular weight excluding hydrogens is 1330 g/mol. The van der Waals surface area contributed by atoms with Crippen molar-refractivity contribution in [1.82, 2.24) is 63.1 Å². The van der Waals surface area contributed by atoms with Gasteiger partial charge < -0.3 is 105 Å². The van der Waals surface area contributed by atoms with Gasteiger partial charge in [0.05, 0.1) is 38.2 Å². The number of rotatable bonds is 40. The number of fused-ring (bicyclic) bond motifs is 1. The largest absolute Gasteiger partial charge is 0.508 e. The fourth-order valence-corrected chi connectivity index (χ4v) is 11.0. The van der Waals surface area contributed by atoms with Crippen LogP contribution in [0.1, 0.15) is 84.3 Å². The van der Waals surface area contributed by atoms with E-state index in [9.17, 15) is 97.8 Å². The first-order valence-corrected chi connectivity index (χ1v) is 33.4. The number of phenolic OH excluding ortho intramolecular Hbond substituents is 1. The second-order valence-electron chi connectivity index (χ2n) is 23.9. The molecule has 1 aromatic heterocycles. The van der Waals surface area contributed by atoms with Crippen molar-refractivity contribution in [3.63, 3.8) is 0 Å². The van der Waals surface area contributed by atoms with Crippen molar-refractivity contribution in [1.29, 1.82) is 0 Å². The van der Waals surface area contributed by atoms with Crippen LogP contribution < -0.4 is 58.9 Å². The molecule has 540 valence electrons. The molecule has 3 aromatic rings. The summed E-state index contributed by atoms with van der Waals surface area (Å²) in [5, 5.41) is 94.8. The number of carboxylic acids is 3. The van der Waals surface area contributed by atoms with Crippen LogP contribution >= 0.6 is 24.4 Å². The minimum absolute atomic E-state index is 0.000814. The molecule has 4 rings (SSSR count). The van der Waals surface area contributed by atoms with Gasteiger partial charge in [0.2, 0.25) is 65.0 Å². The summed E-state index contributed by atoms with van der Waals surface area (Å²) in [5.41, 5.74) is 7.19. The molecule has 2 heterocycles. The molecule has 0 radical (unpaired) electrons. The number of carbonyl (C=O) groups is 14. The molecule has 11 amide bonds. The normalized spacial score (nSPS) is 16.8. The van der Waals surface area contributed by atoms with Gasteiger partial charge in [0.1, 0.15) is 72.2 Å². The summed E-state index contributed by atoms with van der Waals surface area (Å²) in [6.07, 6.45) is -0.319. The van der Waals surface area contributed by atoms with Gasteiger partial charge in [0, 0.05) is 42.2 Å². The Kier molecular flexibility index (Phi) is 32.6. The molecular formula is C62H89N13O21S2. The Bertz CT molecular complexity index is 3320. The molecule has 2 aromatic carbocycles. The molecule has 0 saturated carbocycles. The Morgan fingerprint density at radius 2 is 1.12 bits per heavy atom. The maximum absolute atomic E-state index is 14.4. The first-order chi connectivity index (χ1) is 46.3. The lowest BCUT2D eigenvalue weighted by atomic mass is 9.95. The van der Waals surface area contributed by atoms with Gasteiger partial charge in [0.15, 0.2) is 0 Å². The predicted molar refractivity (Wildman–Crippen MR) is 355 cm³/mol. The average Bonchev–Trinajstić information content (AvgIpc) is 1.60. The van der Waals surface area contributed by atoms with Crippen molar-refractivity contribution < 1.29 is 103 Å². The minimum atomic E-state index is -1.85. The van der Waals surface area contributed by atoms with Gasteiger partial charge in [0.25, 0.3) is 0 Å². The Hall–Kier alpha value is -9.10. The van der Waals surface area contributed by atoms with Crippen molar-refractivity contribution in [2.24, 2.45) is 17.6 Å². The Morgan fingerprint density at radius 1 is 0.612 bits per heavy atom. The predicted octanol–water partition coefficient (Wildman–Crippen LogP) is -4.39. The fourth-order valence-electron chi connectivity index (χ4n) is 10.3. The zero-order valence-corrected chi connectivity index (χ0v) is 56.5. The summed E-state index contributed by atoms with van der Waals surface area (Å²) in [6.45, 7) is 5.40. The minimum Gasteiger partial charge on any atom is -0.508 e. The first kappa shape index (κ1) is 81.3. The molecule has 14 unspecified atom stereocenters. The number of nitrogens with zero attached hydrogens (tertiary/aromatic N) is 1. The van der Waals surface area contributed by atoms with Gasteiger partial charge in [-0.2, -0.15) is 24.4 Å². The molecule has 20 N–H and O–H groups in total. The number of amides is 11. The van der Waals surface area contributed by atoms with E-state index in [4.69, 9.17) is 10.8 Å². The number of aliphatic hydroxyl groups is 3. The number of benzene rings is 2. The Labute approximate surface area is 573 Å². The molecule has 98 heavy (non-hydrogen) atoms. The highest BCUT2D eigenvalue weighted by Crippen LogP contribution is 2.23. The third-order valence-electron chi connectivity index (χ3n) is 16.1. The van der Waals surface area contributed by atoms with Crippen molar-refractivity contribution in [2.45, 2.75) is 165 Å². The van der Waals surface area contributed by atoms with Crippen LogP contribution in [0.4, 0.5) is 0 Å². The van der Waals surface area contributed by atoms with E-state index in [1.807, 2.05) is 0 Å². The van der Waals surface area contributed by atoms with E-state index in [1.165, 1.54) is 40.9 Å². The number of aromatic hydroxyl groups is 1. The number of aliphatic hydroxyl groups excluding tert-OH is 3. The van der Waals surface area contributed by atoms with Crippen molar-refractivity contribution in [3.05, 3.63) is 65.9 Å². The highest BCUT2D eigenvalue weighted by Gasteiger charge is 2.42. The lowest BCUT2D eigenvalue weighted by Crippen LogP contribution is -2.62. The third-order valence-corrected chi connectivity index (χ3v) is 17.1. The lowest BCUT2D eigenvalue weighted by molar-refractivity contribution is -0.144. The highest BCUT2D eigenvalue weighted by molar-refractivity contribution is 7.98. The number of thiol groups is 1. The monoisotopic (exact) mass is 1420 g/mol. The van der Waals surface area contributed by atoms with Crippen molar-refractivity contribution >= 4 is 118 Å². The molecule has 1 aliphatic heterocycles. The number of aliphatic carboxylic acids is 3. The van der Waals surface area contributed by atoms with Crippen molar-refractivity contribution in [3.8, 4) is 5.75 Å². The third kappa shape index (κ3) is 24.2. The summed E-state index contributed by atoms with van der Waals surface area (Å²) >= 11 is 5.45. The number of aromatic amines is 1. The maximum Gasteiger partial charge on any atom is 0.326 e. The zero-order valence-electron chi connectivity index (χ0n) is 54.8. The average molecular weight is 1420 g/mol. The second kappa shape index (κ2) is 39.3. The Balaban J connectivity index is 1.45. The molecule has 34 nitrogen and oxygen atoms in total. The van der Waals surface area contributed by atoms with Crippen LogP contribution in [0.25, 0.3) is 10.9 Å². The van der Waals surface area contributed by atoms with E-state index in [1.54, 1.807) is 64.4 Å². The van der Waals surface area contributed by atoms with Crippen LogP contribution in [0.5, 0.6) is 5.75 Å². The van der Waals surface area contributed by atoms with Gasteiger partial charge >= 0.3 is 17.9 Å². The van der Waals surface area contributed by atoms with Crippen LogP contribution in [-0.4, -0.2) is 245 Å². The van der Waals surface area contributed by atoms with Crippen LogP contribution in [0.15, 0.2) is 54.7 Å². The summed E-state index contributed by atoms with van der Waals surface area (Å²) in [7, 11) is 0. The molecule has 0 spiro atoms. The summed E-state index contributed by atoms with van der Waals surface area (Å²) in [4.78, 5) is 192. The van der Waals surface area contributed by atoms with Gasteiger partial charge in [-0.05, 0) is 79.4 Å². The van der Waals surface area contributed by atoms with Crippen LogP contribution in [0, 0.1) is 11.8 Å². The number of aromatic nitrogens is 1. The van der Waals surface area contributed by atoms with E-state index >= 15 is 0 Å². The quantitative estimate of drug-likeness (QED) is 0.0239. The Morgan fingerprint density at radius 3 is 1.67 bits per heavy atom. The number of hydrogen-bond acceptors (Lipinski definition) is 21. The van der Waals surface area contributed by atoms with Gasteiger partial charge in [-0.3, -0.25) is 62.3 Å². The molecule has 36 heteroatoms. The standard InChI is InChI=1S/C62H89N13O21S2/c1-7-30(4)49(73-54(87)40(24-47(82)83)66-51(84)36(63)23-46(80)81)59(92)72-48(29(2)3)61(94)75-19-10-13-45(75)58(91)71-44(28-97)57(90)70-42(26-76)55(88)65-38(18-20-98-6)52(85)69-43(27-77)56(89)67-39(21-32-14-16-34(79)17-15-32)53(86)74-50(31(5)78)60(93)68-41(62(95)96)22-33-25-64-37-12-9-8-11-35(33)37/h8-9,11-12,14-17,25,29-31,36,38-45,48-50,64,76-79,97H,7,10,13,18-24,26-28,63H2,1-6H3,(H,65,88)(H,66,84)(H,67,89)(H,68,93)(H,69,85)(H,70,90)(H,71,91)(H,72,92)(H,73,87)(H,74,86)(H,80,81)(H,82,83)(H,95,96). The number of thioether (sulfide) groups is 1. The highest BCUT2D eigenvalue weighted by atomic mass is 32.2. The smallest absolute Gasteiger partial charge is 0.326 e. The van der Waals surface area contributed by atoms with E-state index in [0.717, 1.165) is 6.92 Å². The number of likely N-dealkylation sites (tertiary alicyclic amines) is 1. The fraction of sp³-hybridized carbons (Fsp3) is 0.548. The van der Waals surface area contributed by atoms with Crippen LogP contribution in [0.3, 0.4) is 0 Å². The van der Waals surface area contributed by atoms with E-state index in [2.05, 4.69) is 70.8 Å². The molecule has 1 fully saturated rings. The zero-order chi connectivity index (χ0) is 73.2. The molecule has 14 atom stereocenters. The van der Waals surface area contributed by atoms with Gasteiger partial charge in [-0.1, -0.05) is 64.4 Å². The topological polar surface area (TPSA) is 546 Å². The van der Waals surface area contributed by atoms with Crippen molar-refractivity contribution in [2.75, 3.05) is 37.5 Å². The lowest BCUT2D eigenvalue weighted by Gasteiger charge is -2.33. The van der Waals surface area contributed by atoms with Crippen LogP contribution in [0.2, 0.25) is 0 Å². The number of hydrogen-bond donors (Lipinski definition) is 20. The number of nitrogens with one attached hydrogen (secondary N) is 11. The number of phenols is 1. The number of para-hydroxylation sites is 1. The molecule has 1 saturated heterocycles. The SMILES string of the molecule is CCC(C)C(NC(=O)C(CC(=O)O)NC(=O)C(N)CC(=O)O)C(=O)NC(C(=O)N1CCCC1C(=O)NC(CS)C(=O)NC(CO)C(=O)NC(CCSC)C(=O)NC(CO)C(=O)NC(Cc1ccc(O)cc1)C(=O)NC(C(=O)NC(Cc1c[nH]c2ccccc12)C(=O)O)C(C)O)C(C)C. The number of H-pyrrole nitrogens is 1. The van der Waals surface area contributed by atoms with E-state index < -0.39 is 205 Å². The second-order valence-corrected chi connectivity index (χ2v) is 25.2. The molecule has 0 aliphatic carbocycles. The molecule has 0 bridgehead atoms.